The van der Waals surface area contributed by atoms with Gasteiger partial charge < -0.3 is 9.64 Å². The molecule has 1 unspecified atom stereocenters. The van der Waals surface area contributed by atoms with Gasteiger partial charge >= 0.3 is 0 Å². The number of nitrogens with zero attached hydrogens (tertiary/aromatic N) is 3. The van der Waals surface area contributed by atoms with Gasteiger partial charge in [-0.2, -0.15) is 4.99 Å². The zero-order valence-electron chi connectivity index (χ0n) is 12.6. The Morgan fingerprint density at radius 1 is 1.50 bits per heavy atom. The van der Waals surface area contributed by atoms with Crippen molar-refractivity contribution in [2.24, 2.45) is 4.99 Å². The minimum Gasteiger partial charge on any atom is -0.463 e. The molecule has 1 aliphatic rings. The third-order valence-electron chi connectivity index (χ3n) is 3.40. The molecule has 0 aromatic heterocycles. The van der Waals surface area contributed by atoms with Crippen molar-refractivity contribution >= 4 is 6.02 Å². The lowest BCUT2D eigenvalue weighted by molar-refractivity contribution is 0.0113. The van der Waals surface area contributed by atoms with Gasteiger partial charge in [0.05, 0.1) is 17.8 Å². The first-order chi connectivity index (χ1) is 9.09. The van der Waals surface area contributed by atoms with E-state index in [1.807, 2.05) is 0 Å². The van der Waals surface area contributed by atoms with Crippen LogP contribution in [0.5, 0.6) is 0 Å². The third kappa shape index (κ3) is 4.03. The van der Waals surface area contributed by atoms with Gasteiger partial charge in [0.25, 0.3) is 11.9 Å². The zero-order chi connectivity index (χ0) is 15.6. The lowest BCUT2D eigenvalue weighted by Crippen LogP contribution is -2.44. The molecule has 4 nitrogen and oxygen atoms in total. The fourth-order valence-corrected chi connectivity index (χ4v) is 2.10. The maximum Gasteiger partial charge on any atom is 0.292 e. The number of aliphatic imine (C=N–C) groups is 1. The first kappa shape index (κ1) is 16.6. The van der Waals surface area contributed by atoms with Crippen molar-refractivity contribution in [2.75, 3.05) is 34.3 Å². The Morgan fingerprint density at radius 3 is 2.50 bits per heavy atom. The zero-order valence-corrected chi connectivity index (χ0v) is 12.6. The highest BCUT2D eigenvalue weighted by molar-refractivity contribution is 5.74. The van der Waals surface area contributed by atoms with Crippen LogP contribution in [0.15, 0.2) is 29.9 Å². The maximum absolute atomic E-state index is 13.5. The van der Waals surface area contributed by atoms with E-state index < -0.39 is 11.5 Å². The van der Waals surface area contributed by atoms with E-state index in [1.165, 1.54) is 6.08 Å². The van der Waals surface area contributed by atoms with Gasteiger partial charge in [0.1, 0.15) is 6.61 Å². The number of hydrogen-bond donors (Lipinski definition) is 0. The van der Waals surface area contributed by atoms with E-state index >= 15 is 0 Å². The molecule has 0 spiro atoms. The van der Waals surface area contributed by atoms with E-state index in [0.29, 0.717) is 11.7 Å². The predicted octanol–water partition coefficient (Wildman–Crippen LogP) is 2.35. The summed E-state index contributed by atoms with van der Waals surface area (Å²) in [5.41, 5.74) is -0.251. The number of hydrogen-bond acceptors (Lipinski definition) is 3. The molecule has 6 heteroatoms. The summed E-state index contributed by atoms with van der Waals surface area (Å²) in [6, 6.07) is 0.333. The second-order valence-electron chi connectivity index (χ2n) is 5.66. The molecule has 0 saturated carbocycles. The van der Waals surface area contributed by atoms with Crippen LogP contribution in [0.2, 0.25) is 0 Å². The lowest BCUT2D eigenvalue weighted by Gasteiger charge is -2.32. The van der Waals surface area contributed by atoms with Crippen LogP contribution in [-0.2, 0) is 4.74 Å². The Balaban J connectivity index is 2.76. The Hall–Kier alpha value is -1.43. The molecule has 1 rings (SSSR count). The molecule has 0 aliphatic carbocycles. The van der Waals surface area contributed by atoms with Gasteiger partial charge in [-0.15, -0.1) is 0 Å². The van der Waals surface area contributed by atoms with E-state index in [2.05, 4.69) is 18.2 Å². The van der Waals surface area contributed by atoms with Crippen LogP contribution < -0.4 is 0 Å². The molecule has 1 heterocycles. The molecule has 114 valence electrons. The lowest BCUT2D eigenvalue weighted by atomic mass is 9.99. The summed E-state index contributed by atoms with van der Waals surface area (Å²) in [5, 5.41) is 0. The molecular formula is C14H23F2N3O. The van der Waals surface area contributed by atoms with Crippen molar-refractivity contribution in [1.29, 1.82) is 0 Å². The summed E-state index contributed by atoms with van der Waals surface area (Å²) in [4.78, 5) is 7.45. The van der Waals surface area contributed by atoms with Gasteiger partial charge in [0.2, 0.25) is 0 Å². The Bertz CT molecular complexity index is 421. The maximum atomic E-state index is 13.5. The number of rotatable bonds is 4. The number of allylic oxidation sites excluding steroid dienone is 1. The molecule has 1 atom stereocenters. The Kier molecular flexibility index (Phi) is 4.91. The number of amidine groups is 1. The second-order valence-corrected chi connectivity index (χ2v) is 5.66. The number of halogens is 2. The molecule has 0 aromatic carbocycles. The summed E-state index contributed by atoms with van der Waals surface area (Å²) >= 11 is 0. The summed E-state index contributed by atoms with van der Waals surface area (Å²) in [6.45, 7) is 8.91. The van der Waals surface area contributed by atoms with Gasteiger partial charge in [-0.1, -0.05) is 13.2 Å². The first-order valence-corrected chi connectivity index (χ1v) is 6.39. The summed E-state index contributed by atoms with van der Waals surface area (Å²) in [7, 11) is 5.22. The van der Waals surface area contributed by atoms with E-state index in [-0.39, 0.29) is 19.6 Å². The van der Waals surface area contributed by atoms with Gasteiger partial charge in [0, 0.05) is 20.5 Å². The van der Waals surface area contributed by atoms with Crippen LogP contribution in [0, 0.1) is 0 Å². The predicted molar refractivity (Wildman–Crippen MR) is 77.0 cm³/mol. The molecule has 0 amide bonds. The van der Waals surface area contributed by atoms with Crippen molar-refractivity contribution in [1.82, 2.24) is 9.80 Å². The van der Waals surface area contributed by atoms with Gasteiger partial charge in [0.15, 0.2) is 0 Å². The topological polar surface area (TPSA) is 28.1 Å². The monoisotopic (exact) mass is 287 g/mol. The highest BCUT2D eigenvalue weighted by Crippen LogP contribution is 2.38. The number of likely N-dealkylation sites (N-methyl/N-ethyl adjacent to an activating group) is 1. The Labute approximate surface area is 119 Å². The van der Waals surface area contributed by atoms with Gasteiger partial charge in [-0.05, 0) is 20.0 Å². The van der Waals surface area contributed by atoms with Crippen molar-refractivity contribution in [3.8, 4) is 0 Å². The van der Waals surface area contributed by atoms with Crippen LogP contribution in [-0.4, -0.2) is 61.6 Å². The van der Waals surface area contributed by atoms with Crippen molar-refractivity contribution in [2.45, 2.75) is 24.8 Å². The van der Waals surface area contributed by atoms with Gasteiger partial charge in [-0.25, -0.2) is 8.78 Å². The number of alkyl halides is 2. The molecule has 0 aromatic rings. The summed E-state index contributed by atoms with van der Waals surface area (Å²) in [6.07, 6.45) is 1.28. The average molecular weight is 287 g/mol. The van der Waals surface area contributed by atoms with Crippen LogP contribution in [0.1, 0.15) is 13.3 Å². The smallest absolute Gasteiger partial charge is 0.292 e. The van der Waals surface area contributed by atoms with Crippen molar-refractivity contribution < 1.29 is 13.5 Å². The molecule has 0 bridgehead atoms. The SMILES string of the molecule is C=CC(=C)N=C(OCC1(C)CC(F)(F)CN1C)N(C)C. The summed E-state index contributed by atoms with van der Waals surface area (Å²) < 4.78 is 32.6. The molecule has 1 aliphatic heterocycles. The molecule has 20 heavy (non-hydrogen) atoms. The van der Waals surface area contributed by atoms with Crippen molar-refractivity contribution in [3.05, 3.63) is 24.9 Å². The largest absolute Gasteiger partial charge is 0.463 e. The van der Waals surface area contributed by atoms with Crippen LogP contribution >= 0.6 is 0 Å². The van der Waals surface area contributed by atoms with Gasteiger partial charge in [-0.3, -0.25) is 4.90 Å². The molecule has 0 N–H and O–H groups in total. The quantitative estimate of drug-likeness (QED) is 0.451. The highest BCUT2D eigenvalue weighted by Gasteiger charge is 2.51. The fourth-order valence-electron chi connectivity index (χ4n) is 2.10. The van der Waals surface area contributed by atoms with E-state index in [0.717, 1.165) is 0 Å². The third-order valence-corrected chi connectivity index (χ3v) is 3.40. The standard InChI is InChI=1S/C14H23F2N3O/c1-7-11(2)17-12(18(4)5)20-10-13(3)8-14(15,16)9-19(13)6/h7H,1-2,8-10H2,3-6H3. The number of likely N-dealkylation sites (tertiary alicyclic amines) is 1. The van der Waals surface area contributed by atoms with Crippen LogP contribution in [0.4, 0.5) is 8.78 Å². The average Bonchev–Trinajstić information content (AvgIpc) is 2.52. The Morgan fingerprint density at radius 2 is 2.10 bits per heavy atom. The highest BCUT2D eigenvalue weighted by atomic mass is 19.3. The fraction of sp³-hybridized carbons (Fsp3) is 0.643. The first-order valence-electron chi connectivity index (χ1n) is 6.39. The van der Waals surface area contributed by atoms with Crippen LogP contribution in [0.25, 0.3) is 0 Å². The number of ether oxygens (including phenoxy) is 1. The molecule has 1 fully saturated rings. The van der Waals surface area contributed by atoms with Crippen LogP contribution in [0.3, 0.4) is 0 Å². The second kappa shape index (κ2) is 5.91. The van der Waals surface area contributed by atoms with Crippen molar-refractivity contribution in [3.63, 3.8) is 0 Å². The molecule has 0 radical (unpaired) electrons. The minimum absolute atomic E-state index is 0.139. The minimum atomic E-state index is -2.67. The molecular weight excluding hydrogens is 264 g/mol. The normalized spacial score (nSPS) is 26.4. The van der Waals surface area contributed by atoms with E-state index in [9.17, 15) is 8.78 Å². The summed E-state index contributed by atoms with van der Waals surface area (Å²) in [5.74, 6) is -2.67. The van der Waals surface area contributed by atoms with E-state index in [1.54, 1.807) is 37.9 Å². The van der Waals surface area contributed by atoms with E-state index in [4.69, 9.17) is 4.74 Å². The molecule has 1 saturated heterocycles.